The normalized spacial score (nSPS) is 17.3. The first-order valence-electron chi connectivity index (χ1n) is 6.76. The summed E-state index contributed by atoms with van der Waals surface area (Å²) in [4.78, 5) is 2.31. The van der Waals surface area contributed by atoms with Gasteiger partial charge in [0.15, 0.2) is 0 Å². The van der Waals surface area contributed by atoms with Gasteiger partial charge >= 0.3 is 6.36 Å². The van der Waals surface area contributed by atoms with Crippen molar-refractivity contribution in [1.82, 2.24) is 4.90 Å². The van der Waals surface area contributed by atoms with Crippen molar-refractivity contribution in [3.63, 3.8) is 0 Å². The third-order valence-electron chi connectivity index (χ3n) is 3.50. The van der Waals surface area contributed by atoms with Crippen molar-refractivity contribution in [2.24, 2.45) is 5.73 Å². The van der Waals surface area contributed by atoms with Crippen LogP contribution in [0.3, 0.4) is 0 Å². The number of halogens is 3. The Hall–Kier alpha value is -1.27. The van der Waals surface area contributed by atoms with Crippen molar-refractivity contribution in [3.8, 4) is 5.75 Å². The fraction of sp³-hybridized carbons (Fsp3) is 0.571. The zero-order chi connectivity index (χ0) is 14.8. The first kappa shape index (κ1) is 15.1. The molecule has 0 aromatic heterocycles. The minimum absolute atomic E-state index is 0.0486. The van der Waals surface area contributed by atoms with Crippen LogP contribution in [0.25, 0.3) is 0 Å². The molecule has 0 aliphatic heterocycles. The maximum atomic E-state index is 12.1. The zero-order valence-corrected chi connectivity index (χ0v) is 11.4. The third-order valence-corrected chi connectivity index (χ3v) is 3.50. The Labute approximate surface area is 116 Å². The van der Waals surface area contributed by atoms with E-state index >= 15 is 0 Å². The number of benzene rings is 1. The third kappa shape index (κ3) is 3.86. The van der Waals surface area contributed by atoms with Crippen LogP contribution in [0.15, 0.2) is 24.3 Å². The SMILES string of the molecule is CCN(C1CC1)C(CN)c1ccc(OC(F)(F)F)cc1. The van der Waals surface area contributed by atoms with Crippen molar-refractivity contribution in [2.45, 2.75) is 38.2 Å². The van der Waals surface area contributed by atoms with E-state index in [1.165, 1.54) is 25.0 Å². The maximum Gasteiger partial charge on any atom is 0.573 e. The van der Waals surface area contributed by atoms with Gasteiger partial charge in [-0.2, -0.15) is 0 Å². The molecular formula is C14H19F3N2O. The highest BCUT2D eigenvalue weighted by molar-refractivity contribution is 5.30. The fourth-order valence-electron chi connectivity index (χ4n) is 2.49. The molecule has 1 aromatic carbocycles. The number of likely N-dealkylation sites (N-methyl/N-ethyl adjacent to an activating group) is 1. The summed E-state index contributed by atoms with van der Waals surface area (Å²) in [6.07, 6.45) is -2.32. The predicted octanol–water partition coefficient (Wildman–Crippen LogP) is 3.07. The Balaban J connectivity index is 2.10. The highest BCUT2D eigenvalue weighted by Crippen LogP contribution is 2.34. The summed E-state index contributed by atoms with van der Waals surface area (Å²) in [6, 6.07) is 6.60. The van der Waals surface area contributed by atoms with Gasteiger partial charge in [-0.1, -0.05) is 19.1 Å². The van der Waals surface area contributed by atoms with Gasteiger partial charge in [0.25, 0.3) is 0 Å². The first-order chi connectivity index (χ1) is 9.44. The van der Waals surface area contributed by atoms with Gasteiger partial charge in [-0.05, 0) is 37.1 Å². The molecule has 1 saturated carbocycles. The monoisotopic (exact) mass is 288 g/mol. The van der Waals surface area contributed by atoms with Gasteiger partial charge in [-0.3, -0.25) is 4.90 Å². The van der Waals surface area contributed by atoms with E-state index in [9.17, 15) is 13.2 Å². The molecule has 20 heavy (non-hydrogen) atoms. The second kappa shape index (κ2) is 6.01. The van der Waals surface area contributed by atoms with Crippen LogP contribution in [0.1, 0.15) is 31.4 Å². The van der Waals surface area contributed by atoms with Crippen molar-refractivity contribution in [3.05, 3.63) is 29.8 Å². The van der Waals surface area contributed by atoms with E-state index in [0.717, 1.165) is 12.1 Å². The second-order valence-electron chi connectivity index (χ2n) is 4.93. The molecule has 3 nitrogen and oxygen atoms in total. The molecular weight excluding hydrogens is 269 g/mol. The molecule has 2 rings (SSSR count). The quantitative estimate of drug-likeness (QED) is 0.874. The smallest absolute Gasteiger partial charge is 0.406 e. The summed E-state index contributed by atoms with van der Waals surface area (Å²) in [5.74, 6) is -0.202. The van der Waals surface area contributed by atoms with E-state index in [1.54, 1.807) is 12.1 Å². The van der Waals surface area contributed by atoms with Crippen LogP contribution in [-0.4, -0.2) is 30.4 Å². The topological polar surface area (TPSA) is 38.5 Å². The van der Waals surface area contributed by atoms with Crippen molar-refractivity contribution >= 4 is 0 Å². The van der Waals surface area contributed by atoms with Gasteiger partial charge in [-0.25, -0.2) is 0 Å². The molecule has 0 bridgehead atoms. The lowest BCUT2D eigenvalue weighted by molar-refractivity contribution is -0.274. The van der Waals surface area contributed by atoms with E-state index in [0.29, 0.717) is 12.6 Å². The number of alkyl halides is 3. The van der Waals surface area contributed by atoms with Crippen LogP contribution in [0.5, 0.6) is 5.75 Å². The van der Waals surface area contributed by atoms with Crippen LogP contribution < -0.4 is 10.5 Å². The molecule has 0 spiro atoms. The van der Waals surface area contributed by atoms with Gasteiger partial charge in [0.05, 0.1) is 0 Å². The minimum Gasteiger partial charge on any atom is -0.406 e. The number of rotatable bonds is 6. The van der Waals surface area contributed by atoms with Gasteiger partial charge in [0.1, 0.15) is 5.75 Å². The molecule has 1 unspecified atom stereocenters. The van der Waals surface area contributed by atoms with E-state index < -0.39 is 6.36 Å². The standard InChI is InChI=1S/C14H19F3N2O/c1-2-19(11-5-6-11)13(9-18)10-3-7-12(8-4-10)20-14(15,16)17/h3-4,7-8,11,13H,2,5-6,9,18H2,1H3. The molecule has 1 aliphatic rings. The molecule has 1 fully saturated rings. The number of hydrogen-bond donors (Lipinski definition) is 1. The Morgan fingerprint density at radius 2 is 1.90 bits per heavy atom. The van der Waals surface area contributed by atoms with E-state index in [2.05, 4.69) is 16.6 Å². The van der Waals surface area contributed by atoms with E-state index in [4.69, 9.17) is 5.73 Å². The number of nitrogens with two attached hydrogens (primary N) is 1. The first-order valence-corrected chi connectivity index (χ1v) is 6.76. The summed E-state index contributed by atoms with van der Waals surface area (Å²) in [5, 5.41) is 0. The molecule has 0 amide bonds. The van der Waals surface area contributed by atoms with Crippen molar-refractivity contribution in [1.29, 1.82) is 0 Å². The van der Waals surface area contributed by atoms with Crippen molar-refractivity contribution < 1.29 is 17.9 Å². The summed E-state index contributed by atoms with van der Waals surface area (Å²) < 4.78 is 40.2. The zero-order valence-electron chi connectivity index (χ0n) is 11.4. The van der Waals surface area contributed by atoms with Crippen LogP contribution in [0.2, 0.25) is 0 Å². The van der Waals surface area contributed by atoms with Crippen LogP contribution in [0, 0.1) is 0 Å². The van der Waals surface area contributed by atoms with E-state index in [1.807, 2.05) is 0 Å². The van der Waals surface area contributed by atoms with Crippen LogP contribution in [-0.2, 0) is 0 Å². The minimum atomic E-state index is -4.65. The lowest BCUT2D eigenvalue weighted by Gasteiger charge is -2.30. The largest absolute Gasteiger partial charge is 0.573 e. The Bertz CT molecular complexity index is 429. The summed E-state index contributed by atoms with van der Waals surface area (Å²) in [6.45, 7) is 3.40. The number of nitrogens with zero attached hydrogens (tertiary/aromatic N) is 1. The number of ether oxygens (including phenoxy) is 1. The molecule has 0 radical (unpaired) electrons. The summed E-state index contributed by atoms with van der Waals surface area (Å²) >= 11 is 0. The average molecular weight is 288 g/mol. The summed E-state index contributed by atoms with van der Waals surface area (Å²) in [5.41, 5.74) is 6.76. The molecule has 6 heteroatoms. The fourth-order valence-corrected chi connectivity index (χ4v) is 2.49. The highest BCUT2D eigenvalue weighted by atomic mass is 19.4. The van der Waals surface area contributed by atoms with Gasteiger partial charge in [0, 0.05) is 18.6 Å². The Morgan fingerprint density at radius 3 is 2.30 bits per heavy atom. The Morgan fingerprint density at radius 1 is 1.30 bits per heavy atom. The predicted molar refractivity (Wildman–Crippen MR) is 70.3 cm³/mol. The number of hydrogen-bond acceptors (Lipinski definition) is 3. The maximum absolute atomic E-state index is 12.1. The molecule has 1 aromatic rings. The molecule has 1 atom stereocenters. The van der Waals surface area contributed by atoms with E-state index in [-0.39, 0.29) is 11.8 Å². The lowest BCUT2D eigenvalue weighted by atomic mass is 10.0. The molecule has 2 N–H and O–H groups in total. The van der Waals surface area contributed by atoms with Gasteiger partial charge < -0.3 is 10.5 Å². The van der Waals surface area contributed by atoms with Crippen LogP contribution >= 0.6 is 0 Å². The highest BCUT2D eigenvalue weighted by Gasteiger charge is 2.33. The molecule has 112 valence electrons. The lowest BCUT2D eigenvalue weighted by Crippen LogP contribution is -2.35. The average Bonchev–Trinajstić information content (AvgIpc) is 3.19. The van der Waals surface area contributed by atoms with Gasteiger partial charge in [-0.15, -0.1) is 13.2 Å². The molecule has 0 saturated heterocycles. The summed E-state index contributed by atoms with van der Waals surface area (Å²) in [7, 11) is 0. The molecule has 1 aliphatic carbocycles. The molecule has 0 heterocycles. The van der Waals surface area contributed by atoms with Gasteiger partial charge in [0.2, 0.25) is 0 Å². The van der Waals surface area contributed by atoms with Crippen LogP contribution in [0.4, 0.5) is 13.2 Å². The van der Waals surface area contributed by atoms with Crippen molar-refractivity contribution in [2.75, 3.05) is 13.1 Å². The second-order valence-corrected chi connectivity index (χ2v) is 4.93. The Kier molecular flexibility index (Phi) is 4.55.